The number of imidazole rings is 1. The Morgan fingerprint density at radius 3 is 2.57 bits per heavy atom. The number of hydrogen-bond acceptors (Lipinski definition) is 4. The molecule has 5 nitrogen and oxygen atoms in total. The molecule has 1 fully saturated rings. The largest absolute Gasteiger partial charge is 0.492 e. The molecule has 1 aliphatic rings. The fourth-order valence-electron chi connectivity index (χ4n) is 3.62. The van der Waals surface area contributed by atoms with Crippen LogP contribution in [0, 0.1) is 0 Å². The quantitative estimate of drug-likeness (QED) is 0.801. The lowest BCUT2D eigenvalue weighted by atomic mass is 10.0. The Morgan fingerprint density at radius 1 is 1.13 bits per heavy atom. The predicted molar refractivity (Wildman–Crippen MR) is 88.5 cm³/mol. The standard InChI is InChI=1S/C18H20N4O/c1-2-14-20-21-15(12-8-4-3-5-9-12)17-19-18(23)16(22(14)17)13-10-6-7-11-13/h3-5,8-9,13,23H,2,6-7,10-11H2,1H3. The molecule has 0 aliphatic heterocycles. The van der Waals surface area contributed by atoms with Crippen molar-refractivity contribution in [3.8, 4) is 17.1 Å². The maximum Gasteiger partial charge on any atom is 0.233 e. The minimum atomic E-state index is 0.138. The summed E-state index contributed by atoms with van der Waals surface area (Å²) in [7, 11) is 0. The highest BCUT2D eigenvalue weighted by Gasteiger charge is 2.27. The zero-order chi connectivity index (χ0) is 15.8. The Bertz CT molecular complexity index is 835. The Kier molecular flexibility index (Phi) is 3.48. The van der Waals surface area contributed by atoms with Crippen LogP contribution in [0.5, 0.6) is 5.88 Å². The Hall–Kier alpha value is -2.43. The monoisotopic (exact) mass is 308 g/mol. The molecule has 0 unspecified atom stereocenters. The van der Waals surface area contributed by atoms with Crippen LogP contribution in [0.1, 0.15) is 50.0 Å². The normalized spacial score (nSPS) is 15.5. The van der Waals surface area contributed by atoms with Crippen LogP contribution in [-0.4, -0.2) is 24.7 Å². The molecule has 0 bridgehead atoms. The summed E-state index contributed by atoms with van der Waals surface area (Å²) in [6.07, 6.45) is 5.39. The topological polar surface area (TPSA) is 63.3 Å². The average Bonchev–Trinajstić information content (AvgIpc) is 3.21. The van der Waals surface area contributed by atoms with Crippen LogP contribution >= 0.6 is 0 Å². The van der Waals surface area contributed by atoms with Crippen molar-refractivity contribution >= 4 is 5.65 Å². The van der Waals surface area contributed by atoms with Gasteiger partial charge in [-0.25, -0.2) is 0 Å². The minimum absolute atomic E-state index is 0.138. The van der Waals surface area contributed by atoms with Crippen LogP contribution in [0.3, 0.4) is 0 Å². The van der Waals surface area contributed by atoms with Crippen molar-refractivity contribution in [2.45, 2.75) is 44.9 Å². The summed E-state index contributed by atoms with van der Waals surface area (Å²) in [5.41, 5.74) is 3.32. The molecule has 118 valence electrons. The zero-order valence-corrected chi connectivity index (χ0v) is 13.2. The van der Waals surface area contributed by atoms with E-state index in [0.29, 0.717) is 11.6 Å². The fourth-order valence-corrected chi connectivity index (χ4v) is 3.62. The molecule has 0 saturated heterocycles. The molecule has 2 aromatic heterocycles. The third-order valence-electron chi connectivity index (χ3n) is 4.73. The van der Waals surface area contributed by atoms with Crippen molar-refractivity contribution in [1.29, 1.82) is 0 Å². The summed E-state index contributed by atoms with van der Waals surface area (Å²) in [5, 5.41) is 19.3. The fraction of sp³-hybridized carbons (Fsp3) is 0.389. The number of nitrogens with zero attached hydrogens (tertiary/aromatic N) is 4. The molecule has 4 rings (SSSR count). The molecule has 5 heteroatoms. The van der Waals surface area contributed by atoms with E-state index in [9.17, 15) is 5.11 Å². The van der Waals surface area contributed by atoms with Crippen molar-refractivity contribution in [3.63, 3.8) is 0 Å². The van der Waals surface area contributed by atoms with E-state index in [4.69, 9.17) is 0 Å². The molecule has 2 heterocycles. The molecular weight excluding hydrogens is 288 g/mol. The van der Waals surface area contributed by atoms with Crippen molar-refractivity contribution in [3.05, 3.63) is 41.9 Å². The smallest absolute Gasteiger partial charge is 0.233 e. The summed E-state index contributed by atoms with van der Waals surface area (Å²) in [6, 6.07) is 9.92. The van der Waals surface area contributed by atoms with Crippen LogP contribution in [-0.2, 0) is 6.42 Å². The van der Waals surface area contributed by atoms with Gasteiger partial charge in [0.25, 0.3) is 0 Å². The van der Waals surface area contributed by atoms with Gasteiger partial charge in [0.05, 0.1) is 5.69 Å². The Balaban J connectivity index is 2.00. The van der Waals surface area contributed by atoms with Gasteiger partial charge in [0.15, 0.2) is 5.65 Å². The second-order valence-electron chi connectivity index (χ2n) is 6.15. The molecule has 0 amide bonds. The average molecular weight is 308 g/mol. The van der Waals surface area contributed by atoms with Gasteiger partial charge >= 0.3 is 0 Å². The van der Waals surface area contributed by atoms with Crippen LogP contribution in [0.4, 0.5) is 0 Å². The second kappa shape index (κ2) is 5.65. The van der Waals surface area contributed by atoms with E-state index in [1.807, 2.05) is 34.7 Å². The van der Waals surface area contributed by atoms with E-state index in [0.717, 1.165) is 42.0 Å². The van der Waals surface area contributed by atoms with E-state index in [1.54, 1.807) is 0 Å². The lowest BCUT2D eigenvalue weighted by Crippen LogP contribution is -2.08. The van der Waals surface area contributed by atoms with Gasteiger partial charge in [-0.15, -0.1) is 10.2 Å². The molecule has 1 aliphatic carbocycles. The molecule has 1 aromatic carbocycles. The van der Waals surface area contributed by atoms with Crippen LogP contribution in [0.2, 0.25) is 0 Å². The van der Waals surface area contributed by atoms with Gasteiger partial charge in [0, 0.05) is 17.9 Å². The van der Waals surface area contributed by atoms with Crippen molar-refractivity contribution in [2.24, 2.45) is 0 Å². The summed E-state index contributed by atoms with van der Waals surface area (Å²) in [4.78, 5) is 4.46. The number of aromatic nitrogens is 4. The number of benzene rings is 1. The number of aromatic hydroxyl groups is 1. The molecular formula is C18H20N4O. The summed E-state index contributed by atoms with van der Waals surface area (Å²) in [5.74, 6) is 1.36. The highest BCUT2D eigenvalue weighted by molar-refractivity contribution is 5.74. The van der Waals surface area contributed by atoms with Gasteiger partial charge in [-0.05, 0) is 12.8 Å². The minimum Gasteiger partial charge on any atom is -0.492 e. The van der Waals surface area contributed by atoms with Gasteiger partial charge < -0.3 is 5.11 Å². The SMILES string of the molecule is CCc1nnc(-c2ccccc2)c2nc(O)c(C3CCCC3)n12. The second-order valence-corrected chi connectivity index (χ2v) is 6.15. The van der Waals surface area contributed by atoms with Gasteiger partial charge in [-0.2, -0.15) is 4.98 Å². The number of hydrogen-bond donors (Lipinski definition) is 1. The van der Waals surface area contributed by atoms with E-state index < -0.39 is 0 Å². The maximum absolute atomic E-state index is 10.5. The summed E-state index contributed by atoms with van der Waals surface area (Å²) < 4.78 is 2.04. The highest BCUT2D eigenvalue weighted by Crippen LogP contribution is 2.40. The predicted octanol–water partition coefficient (Wildman–Crippen LogP) is 3.72. The Morgan fingerprint density at radius 2 is 1.87 bits per heavy atom. The molecule has 23 heavy (non-hydrogen) atoms. The first kappa shape index (κ1) is 14.2. The van der Waals surface area contributed by atoms with Crippen LogP contribution in [0.25, 0.3) is 16.9 Å². The van der Waals surface area contributed by atoms with E-state index in [2.05, 4.69) is 22.1 Å². The number of fused-ring (bicyclic) bond motifs is 1. The first-order valence-electron chi connectivity index (χ1n) is 8.32. The van der Waals surface area contributed by atoms with Crippen LogP contribution < -0.4 is 0 Å². The third-order valence-corrected chi connectivity index (χ3v) is 4.73. The van der Waals surface area contributed by atoms with Crippen LogP contribution in [0.15, 0.2) is 30.3 Å². The molecule has 0 atom stereocenters. The molecule has 1 saturated carbocycles. The van der Waals surface area contributed by atoms with Gasteiger partial charge in [-0.3, -0.25) is 4.40 Å². The molecule has 0 spiro atoms. The number of aryl methyl sites for hydroxylation is 1. The van der Waals surface area contributed by atoms with Crippen molar-refractivity contribution in [1.82, 2.24) is 19.6 Å². The van der Waals surface area contributed by atoms with Gasteiger partial charge in [0.2, 0.25) is 5.88 Å². The summed E-state index contributed by atoms with van der Waals surface area (Å²) >= 11 is 0. The molecule has 0 radical (unpaired) electrons. The van der Waals surface area contributed by atoms with E-state index in [1.165, 1.54) is 12.8 Å². The zero-order valence-electron chi connectivity index (χ0n) is 13.2. The highest BCUT2D eigenvalue weighted by atomic mass is 16.3. The first-order chi connectivity index (χ1) is 11.3. The maximum atomic E-state index is 10.5. The Labute approximate surface area is 135 Å². The van der Waals surface area contributed by atoms with Gasteiger partial charge in [-0.1, -0.05) is 50.1 Å². The lowest BCUT2D eigenvalue weighted by Gasteiger charge is -2.12. The summed E-state index contributed by atoms with van der Waals surface area (Å²) in [6.45, 7) is 2.06. The van der Waals surface area contributed by atoms with Crippen molar-refractivity contribution in [2.75, 3.05) is 0 Å². The molecule has 1 N–H and O–H groups in total. The lowest BCUT2D eigenvalue weighted by molar-refractivity contribution is 0.441. The van der Waals surface area contributed by atoms with E-state index in [-0.39, 0.29) is 5.88 Å². The molecule has 3 aromatic rings. The van der Waals surface area contributed by atoms with Gasteiger partial charge in [0.1, 0.15) is 11.5 Å². The van der Waals surface area contributed by atoms with E-state index >= 15 is 0 Å². The number of rotatable bonds is 3. The van der Waals surface area contributed by atoms with Crippen molar-refractivity contribution < 1.29 is 5.11 Å². The third kappa shape index (κ3) is 2.27. The first-order valence-corrected chi connectivity index (χ1v) is 8.32.